The molecule has 2 unspecified atom stereocenters. The van der Waals surface area contributed by atoms with Gasteiger partial charge in [-0.15, -0.1) is 6.58 Å². The summed E-state index contributed by atoms with van der Waals surface area (Å²) in [6.07, 6.45) is 2.23. The van der Waals surface area contributed by atoms with Gasteiger partial charge in [0.15, 0.2) is 6.10 Å². The average Bonchev–Trinajstić information content (AvgIpc) is 2.68. The van der Waals surface area contributed by atoms with E-state index in [1.54, 1.807) is 33.8 Å². The Labute approximate surface area is 199 Å². The van der Waals surface area contributed by atoms with Gasteiger partial charge in [-0.25, -0.2) is 9.38 Å². The van der Waals surface area contributed by atoms with E-state index in [1.807, 2.05) is 0 Å². The molecule has 188 valence electrons. The number of carbonyl (C=O) groups excluding carboxylic acids is 1. The van der Waals surface area contributed by atoms with Crippen LogP contribution in [0.2, 0.25) is 0 Å². The monoisotopic (exact) mass is 483 g/mol. The number of allylic oxidation sites excluding steroid dienone is 6. The zero-order chi connectivity index (χ0) is 26.2. The number of halogens is 4. The van der Waals surface area contributed by atoms with Crippen LogP contribution in [0.15, 0.2) is 77.7 Å². The molecule has 0 aliphatic carbocycles. The Balaban J connectivity index is 3.36. The summed E-state index contributed by atoms with van der Waals surface area (Å²) in [6, 6.07) is 0. The summed E-state index contributed by atoms with van der Waals surface area (Å²) in [7, 11) is 0. The van der Waals surface area contributed by atoms with Crippen LogP contribution in [-0.2, 0) is 14.3 Å². The minimum absolute atomic E-state index is 0.0688. The topological polar surface area (TPSA) is 47.9 Å². The van der Waals surface area contributed by atoms with Crippen LogP contribution in [0.1, 0.15) is 53.9 Å². The third kappa shape index (κ3) is 9.53. The summed E-state index contributed by atoms with van der Waals surface area (Å²) in [5.74, 6) is -1.66. The molecule has 0 saturated carbocycles. The zero-order valence-electron chi connectivity index (χ0n) is 20.3. The minimum atomic E-state index is -4.71. The number of esters is 1. The molecule has 8 heteroatoms. The second kappa shape index (κ2) is 12.0. The summed E-state index contributed by atoms with van der Waals surface area (Å²) in [5, 5.41) is 0. The number of rotatable bonds is 9. The van der Waals surface area contributed by atoms with Gasteiger partial charge >= 0.3 is 12.1 Å². The molecule has 2 atom stereocenters. The SMILES string of the molecule is C=CC=C(C(F)=CC=C(C)CC=C)C1(C)CC(C(F)(F)F)OC(C=CCC(=O)OC(C)(C)C)=N1. The first-order valence-electron chi connectivity index (χ1n) is 10.8. The quantitative estimate of drug-likeness (QED) is 0.150. The van der Waals surface area contributed by atoms with Crippen LogP contribution in [0.3, 0.4) is 0 Å². The van der Waals surface area contributed by atoms with E-state index in [4.69, 9.17) is 9.47 Å². The van der Waals surface area contributed by atoms with Gasteiger partial charge in [0.1, 0.15) is 11.4 Å². The third-order valence-corrected chi connectivity index (χ3v) is 4.64. The molecular weight excluding hydrogens is 450 g/mol. The molecular formula is C26H33F4NO3. The van der Waals surface area contributed by atoms with E-state index in [2.05, 4.69) is 18.2 Å². The largest absolute Gasteiger partial charge is 0.465 e. The zero-order valence-corrected chi connectivity index (χ0v) is 20.3. The molecule has 0 aromatic heterocycles. The molecule has 4 nitrogen and oxygen atoms in total. The van der Waals surface area contributed by atoms with Crippen LogP contribution in [0.5, 0.6) is 0 Å². The van der Waals surface area contributed by atoms with Crippen molar-refractivity contribution < 1.29 is 31.8 Å². The van der Waals surface area contributed by atoms with Crippen molar-refractivity contribution in [1.29, 1.82) is 0 Å². The minimum Gasteiger partial charge on any atom is -0.465 e. The van der Waals surface area contributed by atoms with Crippen molar-refractivity contribution in [2.75, 3.05) is 0 Å². The number of hydrogen-bond donors (Lipinski definition) is 0. The number of nitrogens with zero attached hydrogens (tertiary/aromatic N) is 1. The Morgan fingerprint density at radius 2 is 1.85 bits per heavy atom. The standard InChI is InChI=1S/C26H33F4NO3/c1-8-11-18(3)15-16-20(27)19(12-9-2)25(7)17-21(26(28,29)30)33-22(31-25)13-10-14-23(32)34-24(4,5)6/h8-10,12-13,15-16,21H,1-2,11,14,17H2,3-7H3. The molecule has 0 aromatic rings. The fourth-order valence-electron chi connectivity index (χ4n) is 3.17. The summed E-state index contributed by atoms with van der Waals surface area (Å²) >= 11 is 0. The number of hydrogen-bond acceptors (Lipinski definition) is 4. The predicted molar refractivity (Wildman–Crippen MR) is 127 cm³/mol. The van der Waals surface area contributed by atoms with Gasteiger partial charge in [-0.05, 0) is 53.2 Å². The molecule has 0 bridgehead atoms. The highest BCUT2D eigenvalue weighted by atomic mass is 19.4. The van der Waals surface area contributed by atoms with E-state index in [9.17, 15) is 18.0 Å². The van der Waals surface area contributed by atoms with Gasteiger partial charge in [-0.3, -0.25) is 4.79 Å². The molecule has 1 aliphatic rings. The Morgan fingerprint density at radius 3 is 2.38 bits per heavy atom. The molecule has 1 aliphatic heterocycles. The van der Waals surface area contributed by atoms with Gasteiger partial charge in [-0.1, -0.05) is 42.5 Å². The molecule has 0 fully saturated rings. The van der Waals surface area contributed by atoms with E-state index in [0.29, 0.717) is 6.42 Å². The summed E-state index contributed by atoms with van der Waals surface area (Å²) in [4.78, 5) is 16.2. The number of alkyl halides is 3. The molecule has 0 radical (unpaired) electrons. The van der Waals surface area contributed by atoms with Crippen molar-refractivity contribution in [2.45, 2.75) is 77.3 Å². The van der Waals surface area contributed by atoms with Crippen molar-refractivity contribution in [1.82, 2.24) is 0 Å². The van der Waals surface area contributed by atoms with Crippen molar-refractivity contribution in [3.8, 4) is 0 Å². The molecule has 1 heterocycles. The highest BCUT2D eigenvalue weighted by molar-refractivity contribution is 5.89. The lowest BCUT2D eigenvalue weighted by Crippen LogP contribution is -2.45. The summed E-state index contributed by atoms with van der Waals surface area (Å²) < 4.78 is 66.3. The van der Waals surface area contributed by atoms with E-state index >= 15 is 4.39 Å². The van der Waals surface area contributed by atoms with Crippen LogP contribution in [-0.4, -0.2) is 35.3 Å². The Morgan fingerprint density at radius 1 is 1.21 bits per heavy atom. The van der Waals surface area contributed by atoms with Gasteiger partial charge in [0.2, 0.25) is 5.90 Å². The van der Waals surface area contributed by atoms with E-state index in [1.165, 1.54) is 43.4 Å². The highest BCUT2D eigenvalue weighted by Crippen LogP contribution is 2.41. The van der Waals surface area contributed by atoms with E-state index < -0.39 is 41.6 Å². The number of ether oxygens (including phenoxy) is 2. The van der Waals surface area contributed by atoms with Crippen LogP contribution in [0.25, 0.3) is 0 Å². The van der Waals surface area contributed by atoms with Crippen LogP contribution in [0, 0.1) is 0 Å². The fraction of sp³-hybridized carbons (Fsp3) is 0.462. The number of aliphatic imine (C=N–C) groups is 1. The first-order valence-corrected chi connectivity index (χ1v) is 10.8. The van der Waals surface area contributed by atoms with Gasteiger partial charge in [0.25, 0.3) is 0 Å². The van der Waals surface area contributed by atoms with Crippen LogP contribution < -0.4 is 0 Å². The van der Waals surface area contributed by atoms with Crippen molar-refractivity contribution in [2.24, 2.45) is 4.99 Å². The smallest absolute Gasteiger partial charge is 0.425 e. The molecule has 0 saturated heterocycles. The predicted octanol–water partition coefficient (Wildman–Crippen LogP) is 7.27. The highest BCUT2D eigenvalue weighted by Gasteiger charge is 2.50. The van der Waals surface area contributed by atoms with Gasteiger partial charge < -0.3 is 9.47 Å². The lowest BCUT2D eigenvalue weighted by atomic mass is 9.84. The molecule has 0 N–H and O–H groups in total. The molecule has 34 heavy (non-hydrogen) atoms. The van der Waals surface area contributed by atoms with Gasteiger partial charge in [-0.2, -0.15) is 13.2 Å². The van der Waals surface area contributed by atoms with Crippen LogP contribution in [0.4, 0.5) is 17.6 Å². The summed E-state index contributed by atoms with van der Waals surface area (Å²) in [6.45, 7) is 15.5. The molecule has 0 amide bonds. The van der Waals surface area contributed by atoms with Crippen molar-refractivity contribution in [3.05, 3.63) is 72.7 Å². The third-order valence-electron chi connectivity index (χ3n) is 4.64. The fourth-order valence-corrected chi connectivity index (χ4v) is 3.17. The lowest BCUT2D eigenvalue weighted by Gasteiger charge is -2.37. The second-order valence-corrected chi connectivity index (χ2v) is 9.11. The Bertz CT molecular complexity index is 917. The second-order valence-electron chi connectivity index (χ2n) is 9.11. The molecule has 1 rings (SSSR count). The molecule has 0 spiro atoms. The first kappa shape index (κ1) is 29.1. The number of carbonyl (C=O) groups is 1. The van der Waals surface area contributed by atoms with Crippen LogP contribution >= 0.6 is 0 Å². The van der Waals surface area contributed by atoms with Gasteiger partial charge in [0, 0.05) is 12.0 Å². The molecule has 0 aromatic carbocycles. The normalized spacial score (nSPS) is 22.8. The maximum absolute atomic E-state index is 15.2. The first-order chi connectivity index (χ1) is 15.6. The average molecular weight is 484 g/mol. The maximum Gasteiger partial charge on any atom is 0.425 e. The van der Waals surface area contributed by atoms with Crippen molar-refractivity contribution >= 4 is 11.9 Å². The van der Waals surface area contributed by atoms with Crippen molar-refractivity contribution in [3.63, 3.8) is 0 Å². The van der Waals surface area contributed by atoms with Gasteiger partial charge in [0.05, 0.1) is 12.0 Å². The van der Waals surface area contributed by atoms with E-state index in [-0.39, 0.29) is 17.9 Å². The summed E-state index contributed by atoms with van der Waals surface area (Å²) in [5.41, 5.74) is -1.54. The van der Waals surface area contributed by atoms with E-state index in [0.717, 1.165) is 5.57 Å². The maximum atomic E-state index is 15.2. The Kier molecular flexibility index (Phi) is 10.3. The Hall–Kier alpha value is -2.90. The lowest BCUT2D eigenvalue weighted by molar-refractivity contribution is -0.205.